The SMILES string of the molecule is CCCS(=O)(=O)N1CCC[C@H](C(=O)N[C@H](C)c2cccc(Cl)c2)C1. The van der Waals surface area contributed by atoms with E-state index in [1.165, 1.54) is 4.31 Å². The molecule has 1 amide bonds. The Bertz CT molecular complexity index is 678. The molecule has 0 aliphatic carbocycles. The number of piperidine rings is 1. The van der Waals surface area contributed by atoms with Crippen LogP contribution in [0.15, 0.2) is 24.3 Å². The second-order valence-electron chi connectivity index (χ2n) is 6.30. The molecule has 0 unspecified atom stereocenters. The van der Waals surface area contributed by atoms with Gasteiger partial charge in [0.1, 0.15) is 0 Å². The molecule has 0 saturated carbocycles. The summed E-state index contributed by atoms with van der Waals surface area (Å²) in [6, 6.07) is 7.21. The molecule has 5 nitrogen and oxygen atoms in total. The van der Waals surface area contributed by atoms with E-state index in [0.717, 1.165) is 5.56 Å². The second-order valence-corrected chi connectivity index (χ2v) is 8.82. The minimum Gasteiger partial charge on any atom is -0.349 e. The number of carbonyl (C=O) groups excluding carboxylic acids is 1. The highest BCUT2D eigenvalue weighted by Gasteiger charge is 2.32. The first-order chi connectivity index (χ1) is 11.3. The Hall–Kier alpha value is -1.11. The average molecular weight is 373 g/mol. The molecular formula is C17H25ClN2O3S. The van der Waals surface area contributed by atoms with Gasteiger partial charge < -0.3 is 5.32 Å². The lowest BCUT2D eigenvalue weighted by Gasteiger charge is -2.31. The summed E-state index contributed by atoms with van der Waals surface area (Å²) < 4.78 is 25.9. The fraction of sp³-hybridized carbons (Fsp3) is 0.588. The third-order valence-electron chi connectivity index (χ3n) is 4.32. The molecule has 1 saturated heterocycles. The van der Waals surface area contributed by atoms with Crippen molar-refractivity contribution >= 4 is 27.5 Å². The molecule has 24 heavy (non-hydrogen) atoms. The second kappa shape index (κ2) is 8.32. The Morgan fingerprint density at radius 2 is 2.21 bits per heavy atom. The normalized spacial score (nSPS) is 20.5. The summed E-state index contributed by atoms with van der Waals surface area (Å²) in [7, 11) is -3.25. The van der Waals surface area contributed by atoms with Crippen molar-refractivity contribution in [2.75, 3.05) is 18.8 Å². The summed E-state index contributed by atoms with van der Waals surface area (Å²) in [4.78, 5) is 12.5. The number of rotatable bonds is 6. The molecule has 0 radical (unpaired) electrons. The van der Waals surface area contributed by atoms with Gasteiger partial charge in [0.15, 0.2) is 0 Å². The maximum Gasteiger partial charge on any atom is 0.224 e. The number of nitrogens with zero attached hydrogens (tertiary/aromatic N) is 1. The zero-order valence-corrected chi connectivity index (χ0v) is 15.7. The monoisotopic (exact) mass is 372 g/mol. The van der Waals surface area contributed by atoms with Crippen LogP contribution in [0.25, 0.3) is 0 Å². The number of hydrogen-bond donors (Lipinski definition) is 1. The molecule has 0 aromatic heterocycles. The summed E-state index contributed by atoms with van der Waals surface area (Å²) >= 11 is 5.99. The number of amides is 1. The lowest BCUT2D eigenvalue weighted by Crippen LogP contribution is -2.46. The van der Waals surface area contributed by atoms with Gasteiger partial charge in [-0.15, -0.1) is 0 Å². The number of sulfonamides is 1. The quantitative estimate of drug-likeness (QED) is 0.834. The number of nitrogens with one attached hydrogen (secondary N) is 1. The van der Waals surface area contributed by atoms with E-state index in [-0.39, 0.29) is 30.2 Å². The Kier molecular flexibility index (Phi) is 6.66. The maximum atomic E-state index is 12.5. The van der Waals surface area contributed by atoms with Gasteiger partial charge in [-0.05, 0) is 43.9 Å². The summed E-state index contributed by atoms with van der Waals surface area (Å²) in [5.74, 6) is -0.258. The van der Waals surface area contributed by atoms with Crippen LogP contribution in [0.1, 0.15) is 44.7 Å². The van der Waals surface area contributed by atoms with Crippen LogP contribution in [-0.2, 0) is 14.8 Å². The maximum absolute atomic E-state index is 12.5. The van der Waals surface area contributed by atoms with Gasteiger partial charge in [0.2, 0.25) is 15.9 Å². The molecule has 1 aromatic rings. The molecule has 0 bridgehead atoms. The van der Waals surface area contributed by atoms with Crippen LogP contribution >= 0.6 is 11.6 Å². The molecule has 1 aliphatic rings. The highest BCUT2D eigenvalue weighted by molar-refractivity contribution is 7.89. The summed E-state index contributed by atoms with van der Waals surface area (Å²) in [5.41, 5.74) is 0.933. The molecule has 1 N–H and O–H groups in total. The largest absolute Gasteiger partial charge is 0.349 e. The number of halogens is 1. The summed E-state index contributed by atoms with van der Waals surface area (Å²) in [6.07, 6.45) is 2.01. The van der Waals surface area contributed by atoms with Crippen molar-refractivity contribution in [3.8, 4) is 0 Å². The number of carbonyl (C=O) groups is 1. The van der Waals surface area contributed by atoms with Gasteiger partial charge in [0.05, 0.1) is 17.7 Å². The van der Waals surface area contributed by atoms with Crippen molar-refractivity contribution in [2.45, 2.75) is 39.2 Å². The van der Waals surface area contributed by atoms with E-state index in [1.54, 1.807) is 6.07 Å². The third-order valence-corrected chi connectivity index (χ3v) is 6.60. The van der Waals surface area contributed by atoms with Crippen LogP contribution in [0.5, 0.6) is 0 Å². The van der Waals surface area contributed by atoms with Crippen LogP contribution < -0.4 is 5.32 Å². The molecule has 134 valence electrons. The van der Waals surface area contributed by atoms with Gasteiger partial charge in [-0.2, -0.15) is 0 Å². The fourth-order valence-electron chi connectivity index (χ4n) is 2.99. The Balaban J connectivity index is 1.99. The van der Waals surface area contributed by atoms with Gasteiger partial charge in [-0.1, -0.05) is 30.7 Å². The van der Waals surface area contributed by atoms with Crippen molar-refractivity contribution in [2.24, 2.45) is 5.92 Å². The highest BCUT2D eigenvalue weighted by Crippen LogP contribution is 2.22. The molecular weight excluding hydrogens is 348 g/mol. The lowest BCUT2D eigenvalue weighted by atomic mass is 9.98. The smallest absolute Gasteiger partial charge is 0.224 e. The van der Waals surface area contributed by atoms with Gasteiger partial charge >= 0.3 is 0 Å². The van der Waals surface area contributed by atoms with E-state index in [4.69, 9.17) is 11.6 Å². The van der Waals surface area contributed by atoms with Crippen LogP contribution in [0.4, 0.5) is 0 Å². The standard InChI is InChI=1S/C17H25ClN2O3S/c1-3-10-24(22,23)20-9-5-7-15(12-20)17(21)19-13(2)14-6-4-8-16(18)11-14/h4,6,8,11,13,15H,3,5,7,9-10,12H2,1-2H3,(H,19,21)/t13-,15+/m1/s1. The lowest BCUT2D eigenvalue weighted by molar-refractivity contribution is -0.126. The predicted molar refractivity (Wildman–Crippen MR) is 96.4 cm³/mol. The topological polar surface area (TPSA) is 66.5 Å². The molecule has 2 rings (SSSR count). The molecule has 2 atom stereocenters. The van der Waals surface area contributed by atoms with Crippen LogP contribution in [0.3, 0.4) is 0 Å². The van der Waals surface area contributed by atoms with Crippen LogP contribution in [-0.4, -0.2) is 37.5 Å². The summed E-state index contributed by atoms with van der Waals surface area (Å²) in [5, 5.41) is 3.61. The van der Waals surface area contributed by atoms with Crippen molar-refractivity contribution in [1.29, 1.82) is 0 Å². The van der Waals surface area contributed by atoms with Gasteiger partial charge in [-0.3, -0.25) is 4.79 Å². The predicted octanol–water partition coefficient (Wildman–Crippen LogP) is 2.97. The van der Waals surface area contributed by atoms with E-state index < -0.39 is 10.0 Å². The van der Waals surface area contributed by atoms with Crippen molar-refractivity contribution in [3.63, 3.8) is 0 Å². The number of benzene rings is 1. The first-order valence-corrected chi connectivity index (χ1v) is 10.4. The Labute approximate surface area is 149 Å². The summed E-state index contributed by atoms with van der Waals surface area (Å²) in [6.45, 7) is 4.53. The molecule has 0 spiro atoms. The Morgan fingerprint density at radius 3 is 2.88 bits per heavy atom. The minimum atomic E-state index is -3.25. The van der Waals surface area contributed by atoms with E-state index in [1.807, 2.05) is 32.0 Å². The molecule has 1 fully saturated rings. The first-order valence-electron chi connectivity index (χ1n) is 8.37. The van der Waals surface area contributed by atoms with Crippen molar-refractivity contribution in [1.82, 2.24) is 9.62 Å². The van der Waals surface area contributed by atoms with Gasteiger partial charge in [-0.25, -0.2) is 12.7 Å². The van der Waals surface area contributed by atoms with E-state index in [0.29, 0.717) is 30.8 Å². The average Bonchev–Trinajstić information content (AvgIpc) is 2.55. The zero-order chi connectivity index (χ0) is 17.7. The Morgan fingerprint density at radius 1 is 1.46 bits per heavy atom. The van der Waals surface area contributed by atoms with Crippen LogP contribution in [0, 0.1) is 5.92 Å². The van der Waals surface area contributed by atoms with E-state index in [9.17, 15) is 13.2 Å². The van der Waals surface area contributed by atoms with Gasteiger partial charge in [0.25, 0.3) is 0 Å². The third kappa shape index (κ3) is 4.94. The molecule has 1 aliphatic heterocycles. The van der Waals surface area contributed by atoms with Crippen molar-refractivity contribution in [3.05, 3.63) is 34.9 Å². The van der Waals surface area contributed by atoms with E-state index >= 15 is 0 Å². The molecule has 7 heteroatoms. The highest BCUT2D eigenvalue weighted by atomic mass is 35.5. The van der Waals surface area contributed by atoms with E-state index in [2.05, 4.69) is 5.32 Å². The first kappa shape index (κ1) is 19.2. The van der Waals surface area contributed by atoms with Gasteiger partial charge in [0, 0.05) is 18.1 Å². The zero-order valence-electron chi connectivity index (χ0n) is 14.2. The molecule has 1 aromatic carbocycles. The molecule has 1 heterocycles. The number of hydrogen-bond acceptors (Lipinski definition) is 3. The minimum absolute atomic E-state index is 0.0983. The fourth-order valence-corrected chi connectivity index (χ4v) is 4.77. The van der Waals surface area contributed by atoms with Crippen LogP contribution in [0.2, 0.25) is 5.02 Å². The van der Waals surface area contributed by atoms with Crippen molar-refractivity contribution < 1.29 is 13.2 Å².